The zero-order valence-electron chi connectivity index (χ0n) is 12.0. The van der Waals surface area contributed by atoms with Crippen LogP contribution in [0.4, 0.5) is 0 Å². The number of hydrogen-bond acceptors (Lipinski definition) is 4. The largest absolute Gasteiger partial charge is 0.480 e. The first-order valence-electron chi connectivity index (χ1n) is 6.78. The van der Waals surface area contributed by atoms with Crippen molar-refractivity contribution < 1.29 is 14.6 Å². The first-order valence-corrected chi connectivity index (χ1v) is 6.78. The first kappa shape index (κ1) is 15.0. The molecule has 3 N–H and O–H groups in total. The van der Waals surface area contributed by atoms with Crippen LogP contribution in [0, 0.1) is 0 Å². The van der Waals surface area contributed by atoms with E-state index < -0.39 is 11.5 Å². The molecule has 0 amide bonds. The highest BCUT2D eigenvalue weighted by atomic mass is 16.5. The zero-order valence-corrected chi connectivity index (χ0v) is 12.0. The van der Waals surface area contributed by atoms with E-state index >= 15 is 0 Å². The lowest BCUT2D eigenvalue weighted by molar-refractivity contribution is -0.147. The third-order valence-electron chi connectivity index (χ3n) is 3.65. The molecular formula is C15H22N2O3. The van der Waals surface area contributed by atoms with Crippen molar-refractivity contribution in [1.29, 1.82) is 0 Å². The molecule has 1 heterocycles. The summed E-state index contributed by atoms with van der Waals surface area (Å²) in [5.41, 5.74) is 5.16. The Morgan fingerprint density at radius 1 is 1.45 bits per heavy atom. The van der Waals surface area contributed by atoms with Crippen LogP contribution in [-0.4, -0.2) is 47.8 Å². The van der Waals surface area contributed by atoms with E-state index in [0.717, 1.165) is 0 Å². The summed E-state index contributed by atoms with van der Waals surface area (Å²) in [5.74, 6) is -1.01. The van der Waals surface area contributed by atoms with Crippen LogP contribution in [0.15, 0.2) is 30.3 Å². The van der Waals surface area contributed by atoms with Gasteiger partial charge in [0, 0.05) is 19.6 Å². The second kappa shape index (κ2) is 5.52. The quantitative estimate of drug-likeness (QED) is 0.860. The first-order chi connectivity index (χ1) is 9.33. The summed E-state index contributed by atoms with van der Waals surface area (Å²) in [6.07, 6.45) is 0. The summed E-state index contributed by atoms with van der Waals surface area (Å²) in [6, 6.07) is 9.00. The Morgan fingerprint density at radius 3 is 2.65 bits per heavy atom. The van der Waals surface area contributed by atoms with Gasteiger partial charge in [-0.05, 0) is 19.4 Å². The lowest BCUT2D eigenvalue weighted by Crippen LogP contribution is -2.58. The summed E-state index contributed by atoms with van der Waals surface area (Å²) in [6.45, 7) is 6.24. The lowest BCUT2D eigenvalue weighted by Gasteiger charge is -2.41. The van der Waals surface area contributed by atoms with E-state index in [0.29, 0.717) is 25.3 Å². The van der Waals surface area contributed by atoms with Crippen LogP contribution in [0.3, 0.4) is 0 Å². The van der Waals surface area contributed by atoms with E-state index in [2.05, 4.69) is 4.90 Å². The van der Waals surface area contributed by atoms with Gasteiger partial charge in [-0.1, -0.05) is 30.3 Å². The molecule has 1 aromatic rings. The van der Waals surface area contributed by atoms with Crippen molar-refractivity contribution in [1.82, 2.24) is 4.90 Å². The van der Waals surface area contributed by atoms with Crippen molar-refractivity contribution in [3.8, 4) is 0 Å². The van der Waals surface area contributed by atoms with Crippen molar-refractivity contribution in [2.24, 2.45) is 5.73 Å². The highest BCUT2D eigenvalue weighted by Crippen LogP contribution is 2.23. The predicted molar refractivity (Wildman–Crippen MR) is 76.4 cm³/mol. The Bertz CT molecular complexity index is 475. The summed E-state index contributed by atoms with van der Waals surface area (Å²) in [4.78, 5) is 13.7. The molecule has 5 nitrogen and oxygen atoms in total. The Kier molecular flexibility index (Phi) is 4.13. The monoisotopic (exact) mass is 278 g/mol. The van der Waals surface area contributed by atoms with Gasteiger partial charge in [-0.3, -0.25) is 4.90 Å². The van der Waals surface area contributed by atoms with Gasteiger partial charge in [-0.2, -0.15) is 0 Å². The third-order valence-corrected chi connectivity index (χ3v) is 3.65. The van der Waals surface area contributed by atoms with Crippen molar-refractivity contribution >= 4 is 5.97 Å². The van der Waals surface area contributed by atoms with Gasteiger partial charge < -0.3 is 15.6 Å². The average Bonchev–Trinajstić information content (AvgIpc) is 2.38. The van der Waals surface area contributed by atoms with Gasteiger partial charge >= 0.3 is 5.97 Å². The van der Waals surface area contributed by atoms with Gasteiger partial charge in [0.15, 0.2) is 5.54 Å². The third kappa shape index (κ3) is 3.17. The van der Waals surface area contributed by atoms with E-state index in [-0.39, 0.29) is 12.1 Å². The van der Waals surface area contributed by atoms with Gasteiger partial charge in [0.05, 0.1) is 12.2 Å². The fourth-order valence-corrected chi connectivity index (χ4v) is 2.62. The van der Waals surface area contributed by atoms with E-state index in [1.54, 1.807) is 12.1 Å². The Labute approximate surface area is 119 Å². The summed E-state index contributed by atoms with van der Waals surface area (Å²) in [5, 5.41) is 9.56. The van der Waals surface area contributed by atoms with E-state index in [1.807, 2.05) is 32.0 Å². The minimum atomic E-state index is -1.39. The zero-order chi connectivity index (χ0) is 14.8. The molecule has 1 atom stereocenters. The molecule has 0 aliphatic carbocycles. The normalized spacial score (nSPS) is 22.1. The number of aliphatic carboxylic acids is 1. The second-order valence-electron chi connectivity index (χ2n) is 5.96. The van der Waals surface area contributed by atoms with E-state index in [1.165, 1.54) is 0 Å². The van der Waals surface area contributed by atoms with Gasteiger partial charge in [0.25, 0.3) is 0 Å². The molecular weight excluding hydrogens is 256 g/mol. The topological polar surface area (TPSA) is 75.8 Å². The molecule has 110 valence electrons. The molecule has 2 rings (SSSR count). The molecule has 20 heavy (non-hydrogen) atoms. The Hall–Kier alpha value is -1.43. The van der Waals surface area contributed by atoms with Crippen LogP contribution in [-0.2, 0) is 15.1 Å². The number of ether oxygens (including phenoxy) is 1. The maximum absolute atomic E-state index is 11.7. The maximum Gasteiger partial charge on any atom is 0.329 e. The molecule has 1 aromatic carbocycles. The number of benzene rings is 1. The predicted octanol–water partition coefficient (Wildman–Crippen LogP) is 1.04. The average molecular weight is 278 g/mol. The minimum absolute atomic E-state index is 0.269. The number of nitrogens with zero attached hydrogens (tertiary/aromatic N) is 1. The number of carboxylic acid groups (broad SMARTS) is 1. The van der Waals surface area contributed by atoms with Gasteiger partial charge in [0.1, 0.15) is 0 Å². The number of hydrogen-bond donors (Lipinski definition) is 2. The molecule has 0 radical (unpaired) electrons. The molecule has 5 heteroatoms. The van der Waals surface area contributed by atoms with Gasteiger partial charge in [-0.25, -0.2) is 4.79 Å². The molecule has 1 saturated heterocycles. The highest BCUT2D eigenvalue weighted by Gasteiger charge is 2.40. The number of nitrogens with two attached hydrogens (primary N) is 1. The fraction of sp³-hybridized carbons (Fsp3) is 0.533. The highest BCUT2D eigenvalue weighted by molar-refractivity contribution is 5.80. The number of morpholine rings is 1. The van der Waals surface area contributed by atoms with Crippen LogP contribution in [0.2, 0.25) is 0 Å². The number of carboxylic acids is 1. The lowest BCUT2D eigenvalue weighted by atomic mass is 9.89. The second-order valence-corrected chi connectivity index (χ2v) is 5.96. The Morgan fingerprint density at radius 2 is 2.10 bits per heavy atom. The molecule has 1 unspecified atom stereocenters. The van der Waals surface area contributed by atoms with Crippen LogP contribution in [0.1, 0.15) is 19.4 Å². The fourth-order valence-electron chi connectivity index (χ4n) is 2.62. The van der Waals surface area contributed by atoms with Crippen LogP contribution in [0.25, 0.3) is 0 Å². The molecule has 0 bridgehead atoms. The molecule has 1 aliphatic rings. The SMILES string of the molecule is CC1(C)CN(CC(N)(C(=O)O)c2ccccc2)CCO1. The van der Waals surface area contributed by atoms with Crippen LogP contribution in [0.5, 0.6) is 0 Å². The van der Waals surface area contributed by atoms with Gasteiger partial charge in [-0.15, -0.1) is 0 Å². The maximum atomic E-state index is 11.7. The molecule has 0 saturated carbocycles. The molecule has 0 spiro atoms. The van der Waals surface area contributed by atoms with Crippen molar-refractivity contribution in [2.45, 2.75) is 25.0 Å². The standard InChI is InChI=1S/C15H22N2O3/c1-14(2)10-17(8-9-20-14)11-15(16,13(18)19)12-6-4-3-5-7-12/h3-7H,8-11,16H2,1-2H3,(H,18,19). The summed E-state index contributed by atoms with van der Waals surface area (Å²) < 4.78 is 5.65. The van der Waals surface area contributed by atoms with Gasteiger partial charge in [0.2, 0.25) is 0 Å². The molecule has 0 aromatic heterocycles. The van der Waals surface area contributed by atoms with Crippen molar-refractivity contribution in [3.63, 3.8) is 0 Å². The molecule has 1 fully saturated rings. The number of carbonyl (C=O) groups is 1. The minimum Gasteiger partial charge on any atom is -0.480 e. The number of rotatable bonds is 4. The Balaban J connectivity index is 2.20. The van der Waals surface area contributed by atoms with E-state index in [9.17, 15) is 9.90 Å². The van der Waals surface area contributed by atoms with Crippen molar-refractivity contribution in [3.05, 3.63) is 35.9 Å². The smallest absolute Gasteiger partial charge is 0.329 e. The van der Waals surface area contributed by atoms with Crippen LogP contribution < -0.4 is 5.73 Å². The summed E-state index contributed by atoms with van der Waals surface area (Å²) in [7, 11) is 0. The van der Waals surface area contributed by atoms with Crippen molar-refractivity contribution in [2.75, 3.05) is 26.2 Å². The van der Waals surface area contributed by atoms with Crippen LogP contribution >= 0.6 is 0 Å². The summed E-state index contributed by atoms with van der Waals surface area (Å²) >= 11 is 0. The van der Waals surface area contributed by atoms with E-state index in [4.69, 9.17) is 10.5 Å². The molecule has 1 aliphatic heterocycles.